The van der Waals surface area contributed by atoms with E-state index in [0.29, 0.717) is 24.8 Å². The van der Waals surface area contributed by atoms with Gasteiger partial charge in [0.2, 0.25) is 5.91 Å². The Labute approximate surface area is 232 Å². The zero-order valence-electron chi connectivity index (χ0n) is 23.5. The molecule has 2 N–H and O–H groups in total. The highest BCUT2D eigenvalue weighted by Crippen LogP contribution is 2.21. The van der Waals surface area contributed by atoms with E-state index in [-0.39, 0.29) is 24.4 Å². The third-order valence-corrected chi connectivity index (χ3v) is 7.18. The van der Waals surface area contributed by atoms with Gasteiger partial charge in [-0.15, -0.1) is 0 Å². The molecule has 0 saturated carbocycles. The minimum atomic E-state index is -0.930. The summed E-state index contributed by atoms with van der Waals surface area (Å²) in [6.07, 6.45) is 7.38. The molecule has 0 unspecified atom stereocenters. The minimum absolute atomic E-state index is 0.0903. The first-order chi connectivity index (χ1) is 18.9. The number of aryl methyl sites for hydroxylation is 1. The quantitative estimate of drug-likeness (QED) is 0.240. The molecule has 214 valence electrons. The lowest BCUT2D eigenvalue weighted by molar-refractivity contribution is -0.146. The van der Waals surface area contributed by atoms with Gasteiger partial charge >= 0.3 is 5.97 Å². The summed E-state index contributed by atoms with van der Waals surface area (Å²) >= 11 is 0. The first-order valence-electron chi connectivity index (χ1n) is 14.4. The van der Waals surface area contributed by atoms with Gasteiger partial charge < -0.3 is 19.9 Å². The topological polar surface area (TPSA) is 114 Å². The molecular weight excluding hydrogens is 496 g/mol. The molecule has 2 aromatic rings. The van der Waals surface area contributed by atoms with E-state index in [0.717, 1.165) is 64.6 Å². The molecule has 0 bridgehead atoms. The van der Waals surface area contributed by atoms with E-state index in [4.69, 9.17) is 9.26 Å². The van der Waals surface area contributed by atoms with Gasteiger partial charge in [-0.25, -0.2) is 4.79 Å². The Morgan fingerprint density at radius 2 is 1.90 bits per heavy atom. The smallest absolute Gasteiger partial charge is 0.328 e. The molecule has 3 rings (SSSR count). The number of benzene rings is 1. The fraction of sp³-hybridized carbons (Fsp3) is 0.600. The lowest BCUT2D eigenvalue weighted by atomic mass is 9.93. The first-order valence-corrected chi connectivity index (χ1v) is 14.4. The molecule has 2 amide bonds. The van der Waals surface area contributed by atoms with Crippen LogP contribution in [0, 0.1) is 12.8 Å². The largest absolute Gasteiger partial charge is 0.464 e. The van der Waals surface area contributed by atoms with E-state index < -0.39 is 17.9 Å². The highest BCUT2D eigenvalue weighted by atomic mass is 16.5. The van der Waals surface area contributed by atoms with Crippen molar-refractivity contribution in [3.05, 3.63) is 53.4 Å². The van der Waals surface area contributed by atoms with Gasteiger partial charge in [0.05, 0.1) is 6.61 Å². The number of nitrogens with zero attached hydrogens (tertiary/aromatic N) is 2. The summed E-state index contributed by atoms with van der Waals surface area (Å²) in [4.78, 5) is 40.3. The van der Waals surface area contributed by atoms with Gasteiger partial charge in [-0.2, -0.15) is 0 Å². The van der Waals surface area contributed by atoms with Crippen LogP contribution >= 0.6 is 0 Å². The zero-order chi connectivity index (χ0) is 27.9. The van der Waals surface area contributed by atoms with E-state index in [1.165, 1.54) is 11.6 Å². The maximum Gasteiger partial charge on any atom is 0.328 e. The van der Waals surface area contributed by atoms with Crippen LogP contribution in [0.5, 0.6) is 0 Å². The zero-order valence-corrected chi connectivity index (χ0v) is 23.5. The van der Waals surface area contributed by atoms with Crippen molar-refractivity contribution < 1.29 is 23.6 Å². The molecule has 1 aromatic carbocycles. The van der Waals surface area contributed by atoms with Crippen LogP contribution in [-0.2, 0) is 20.9 Å². The molecule has 1 aliphatic rings. The van der Waals surface area contributed by atoms with Crippen molar-refractivity contribution in [3.8, 4) is 0 Å². The minimum Gasteiger partial charge on any atom is -0.464 e. The summed E-state index contributed by atoms with van der Waals surface area (Å²) in [7, 11) is 0. The molecular formula is C30H44N4O5. The lowest BCUT2D eigenvalue weighted by Gasteiger charge is -2.32. The van der Waals surface area contributed by atoms with E-state index in [1.807, 2.05) is 6.07 Å². The number of esters is 1. The van der Waals surface area contributed by atoms with Crippen molar-refractivity contribution in [1.29, 1.82) is 0 Å². The number of aromatic nitrogens is 1. The van der Waals surface area contributed by atoms with Crippen molar-refractivity contribution in [2.75, 3.05) is 26.2 Å². The number of unbranched alkanes of at least 4 members (excludes halogenated alkanes) is 3. The van der Waals surface area contributed by atoms with Crippen LogP contribution in [0.1, 0.15) is 86.5 Å². The van der Waals surface area contributed by atoms with E-state index in [2.05, 4.69) is 51.9 Å². The molecule has 0 spiro atoms. The summed E-state index contributed by atoms with van der Waals surface area (Å²) in [5.41, 5.74) is 1.43. The molecule has 9 nitrogen and oxygen atoms in total. The second-order valence-electron chi connectivity index (χ2n) is 10.5. The second kappa shape index (κ2) is 16.7. The number of ether oxygens (including phenoxy) is 1. The Morgan fingerprint density at radius 1 is 1.13 bits per heavy atom. The number of likely N-dealkylation sites (tertiary alicyclic amines) is 1. The Morgan fingerprint density at radius 3 is 2.59 bits per heavy atom. The number of hydrogen-bond acceptors (Lipinski definition) is 7. The van der Waals surface area contributed by atoms with Crippen LogP contribution < -0.4 is 10.6 Å². The van der Waals surface area contributed by atoms with E-state index in [9.17, 15) is 14.4 Å². The maximum atomic E-state index is 12.7. The van der Waals surface area contributed by atoms with Gasteiger partial charge in [0.15, 0.2) is 5.69 Å². The molecule has 9 heteroatoms. The third kappa shape index (κ3) is 11.2. The SMILES string of the molecule is CCCCCCOC(=O)[C@H](CCC(=O)NCCC1CCN(Cc2ccccc2)CC1)NC(=O)c1cc(C)on1. The lowest BCUT2D eigenvalue weighted by Crippen LogP contribution is -2.43. The molecule has 1 atom stereocenters. The van der Waals surface area contributed by atoms with Crippen LogP contribution in [-0.4, -0.2) is 60.1 Å². The highest BCUT2D eigenvalue weighted by molar-refractivity contribution is 5.95. The third-order valence-electron chi connectivity index (χ3n) is 7.18. The van der Waals surface area contributed by atoms with Crippen LogP contribution in [0.4, 0.5) is 0 Å². The van der Waals surface area contributed by atoms with Gasteiger partial charge in [0.25, 0.3) is 5.91 Å². The van der Waals surface area contributed by atoms with E-state index >= 15 is 0 Å². The number of nitrogens with one attached hydrogen (secondary N) is 2. The van der Waals surface area contributed by atoms with Gasteiger partial charge in [0, 0.05) is 25.6 Å². The molecule has 1 saturated heterocycles. The molecule has 1 aromatic heterocycles. The van der Waals surface area contributed by atoms with Gasteiger partial charge in [-0.3, -0.25) is 14.5 Å². The molecule has 0 aliphatic carbocycles. The summed E-state index contributed by atoms with van der Waals surface area (Å²) in [5.74, 6) is -0.105. The Balaban J connectivity index is 1.37. The van der Waals surface area contributed by atoms with Crippen molar-refractivity contribution in [1.82, 2.24) is 20.7 Å². The van der Waals surface area contributed by atoms with Crippen molar-refractivity contribution in [2.45, 2.75) is 84.2 Å². The normalized spacial score (nSPS) is 15.0. The van der Waals surface area contributed by atoms with Crippen molar-refractivity contribution in [2.24, 2.45) is 5.92 Å². The number of carbonyl (C=O) groups excluding carboxylic acids is 3. The van der Waals surface area contributed by atoms with Crippen LogP contribution in [0.25, 0.3) is 0 Å². The summed E-state index contributed by atoms with van der Waals surface area (Å²) in [6, 6.07) is 11.1. The number of carbonyl (C=O) groups is 3. The van der Waals surface area contributed by atoms with Gasteiger partial charge in [0.1, 0.15) is 11.8 Å². The number of hydrogen-bond donors (Lipinski definition) is 2. The summed E-state index contributed by atoms with van der Waals surface area (Å²) in [5, 5.41) is 9.36. The Kier molecular flexibility index (Phi) is 13.0. The van der Waals surface area contributed by atoms with Crippen molar-refractivity contribution >= 4 is 17.8 Å². The van der Waals surface area contributed by atoms with Crippen molar-refractivity contribution in [3.63, 3.8) is 0 Å². The van der Waals surface area contributed by atoms with Gasteiger partial charge in [-0.1, -0.05) is 61.7 Å². The number of rotatable bonds is 16. The van der Waals surface area contributed by atoms with Crippen LogP contribution in [0.3, 0.4) is 0 Å². The average Bonchev–Trinajstić information content (AvgIpc) is 3.38. The van der Waals surface area contributed by atoms with Crippen LogP contribution in [0.2, 0.25) is 0 Å². The summed E-state index contributed by atoms with van der Waals surface area (Å²) < 4.78 is 10.4. The van der Waals surface area contributed by atoms with Crippen LogP contribution in [0.15, 0.2) is 40.9 Å². The number of piperidine rings is 1. The molecule has 1 aliphatic heterocycles. The molecule has 2 heterocycles. The molecule has 0 radical (unpaired) electrons. The standard InChI is InChI=1S/C30H44N4O5/c1-3-4-5-9-20-38-30(37)26(32-29(36)27-21-23(2)39-33-27)12-13-28(35)31-17-14-24-15-18-34(19-16-24)22-25-10-7-6-8-11-25/h6-8,10-11,21,24,26H,3-5,9,12-20,22H2,1-2H3,(H,31,35)(H,32,36)/t26-/m0/s1. The predicted molar refractivity (Wildman–Crippen MR) is 149 cm³/mol. The fourth-order valence-electron chi connectivity index (χ4n) is 4.81. The highest BCUT2D eigenvalue weighted by Gasteiger charge is 2.25. The predicted octanol–water partition coefficient (Wildman–Crippen LogP) is 4.40. The average molecular weight is 541 g/mol. The summed E-state index contributed by atoms with van der Waals surface area (Å²) in [6.45, 7) is 7.83. The Hall–Kier alpha value is -3.20. The van der Waals surface area contributed by atoms with Gasteiger partial charge in [-0.05, 0) is 63.6 Å². The molecule has 1 fully saturated rings. The number of amides is 2. The second-order valence-corrected chi connectivity index (χ2v) is 10.5. The molecule has 39 heavy (non-hydrogen) atoms. The fourth-order valence-corrected chi connectivity index (χ4v) is 4.81. The van der Waals surface area contributed by atoms with E-state index in [1.54, 1.807) is 6.92 Å². The first kappa shape index (κ1) is 30.3. The Bertz CT molecular complexity index is 1020. The monoisotopic (exact) mass is 540 g/mol. The maximum absolute atomic E-state index is 12.7.